The molecule has 0 spiro atoms. The molecule has 0 bridgehead atoms. The Kier molecular flexibility index (Phi) is 4.57. The van der Waals surface area contributed by atoms with Gasteiger partial charge < -0.3 is 15.0 Å². The Labute approximate surface area is 79.5 Å². The summed E-state index contributed by atoms with van der Waals surface area (Å²) in [4.78, 5) is 3.15. The van der Waals surface area contributed by atoms with Crippen LogP contribution in [0.3, 0.4) is 0 Å². The molecule has 13 heavy (non-hydrogen) atoms. The molecule has 0 fully saturated rings. The van der Waals surface area contributed by atoms with E-state index in [-0.39, 0.29) is 0 Å². The summed E-state index contributed by atoms with van der Waals surface area (Å²) in [6, 6.07) is 4.09. The highest BCUT2D eigenvalue weighted by Crippen LogP contribution is 1.95. The minimum absolute atomic E-state index is 0.569. The standard InChI is InChI=1S/C10H18N2O/c1-9(8-13-2)6-11-7-10-4-3-5-12-10/h3-5,9,11-12H,6-8H2,1-2H3. The van der Waals surface area contributed by atoms with Crippen molar-refractivity contribution in [2.45, 2.75) is 13.5 Å². The van der Waals surface area contributed by atoms with E-state index in [1.165, 1.54) is 5.69 Å². The lowest BCUT2D eigenvalue weighted by Crippen LogP contribution is -2.23. The lowest BCUT2D eigenvalue weighted by atomic mass is 10.2. The van der Waals surface area contributed by atoms with Crippen LogP contribution in [0.25, 0.3) is 0 Å². The van der Waals surface area contributed by atoms with Crippen molar-refractivity contribution in [1.82, 2.24) is 10.3 Å². The van der Waals surface area contributed by atoms with E-state index in [2.05, 4.69) is 23.3 Å². The van der Waals surface area contributed by atoms with Gasteiger partial charge in [-0.15, -0.1) is 0 Å². The van der Waals surface area contributed by atoms with Crippen molar-refractivity contribution in [1.29, 1.82) is 0 Å². The summed E-state index contributed by atoms with van der Waals surface area (Å²) in [5, 5.41) is 3.36. The van der Waals surface area contributed by atoms with Gasteiger partial charge in [-0.1, -0.05) is 6.92 Å². The van der Waals surface area contributed by atoms with Crippen molar-refractivity contribution >= 4 is 0 Å². The molecule has 0 saturated heterocycles. The maximum Gasteiger partial charge on any atom is 0.0499 e. The average Bonchev–Trinajstić information content (AvgIpc) is 2.57. The Hall–Kier alpha value is -0.800. The predicted molar refractivity (Wildman–Crippen MR) is 53.5 cm³/mol. The van der Waals surface area contributed by atoms with Crippen LogP contribution in [0.4, 0.5) is 0 Å². The topological polar surface area (TPSA) is 37.0 Å². The molecule has 3 nitrogen and oxygen atoms in total. The van der Waals surface area contributed by atoms with Crippen molar-refractivity contribution in [2.75, 3.05) is 20.3 Å². The van der Waals surface area contributed by atoms with Gasteiger partial charge in [0.05, 0.1) is 0 Å². The quantitative estimate of drug-likeness (QED) is 0.697. The highest BCUT2D eigenvalue weighted by atomic mass is 16.5. The lowest BCUT2D eigenvalue weighted by Gasteiger charge is -2.10. The van der Waals surface area contributed by atoms with Gasteiger partial charge in [-0.2, -0.15) is 0 Å². The van der Waals surface area contributed by atoms with Crippen LogP contribution in [0, 0.1) is 5.92 Å². The van der Waals surface area contributed by atoms with E-state index in [1.807, 2.05) is 12.3 Å². The minimum atomic E-state index is 0.569. The monoisotopic (exact) mass is 182 g/mol. The number of ether oxygens (including phenoxy) is 1. The summed E-state index contributed by atoms with van der Waals surface area (Å²) < 4.78 is 5.04. The van der Waals surface area contributed by atoms with Gasteiger partial charge in [-0.3, -0.25) is 0 Å². The Morgan fingerprint density at radius 3 is 3.08 bits per heavy atom. The molecular weight excluding hydrogens is 164 g/mol. The zero-order valence-corrected chi connectivity index (χ0v) is 8.34. The maximum atomic E-state index is 5.04. The third-order valence-electron chi connectivity index (χ3n) is 1.92. The van der Waals surface area contributed by atoms with E-state index >= 15 is 0 Å². The second kappa shape index (κ2) is 5.78. The molecule has 1 atom stereocenters. The molecule has 2 N–H and O–H groups in total. The van der Waals surface area contributed by atoms with E-state index in [0.717, 1.165) is 19.7 Å². The summed E-state index contributed by atoms with van der Waals surface area (Å²) in [6.45, 7) is 4.89. The SMILES string of the molecule is COCC(C)CNCc1ccc[nH]1. The number of H-pyrrole nitrogens is 1. The molecule has 3 heteroatoms. The lowest BCUT2D eigenvalue weighted by molar-refractivity contribution is 0.158. The van der Waals surface area contributed by atoms with Gasteiger partial charge in [0.1, 0.15) is 0 Å². The fourth-order valence-corrected chi connectivity index (χ4v) is 1.27. The van der Waals surface area contributed by atoms with Crippen molar-refractivity contribution in [3.8, 4) is 0 Å². The van der Waals surface area contributed by atoms with Gasteiger partial charge in [-0.05, 0) is 18.1 Å². The van der Waals surface area contributed by atoms with Crippen molar-refractivity contribution in [2.24, 2.45) is 5.92 Å². The van der Waals surface area contributed by atoms with Crippen molar-refractivity contribution < 1.29 is 4.74 Å². The molecule has 1 aromatic heterocycles. The fourth-order valence-electron chi connectivity index (χ4n) is 1.27. The van der Waals surface area contributed by atoms with Gasteiger partial charge in [0.25, 0.3) is 0 Å². The summed E-state index contributed by atoms with van der Waals surface area (Å²) in [5.41, 5.74) is 1.23. The molecule has 1 heterocycles. The molecule has 0 amide bonds. The Morgan fingerprint density at radius 1 is 1.62 bits per heavy atom. The van der Waals surface area contributed by atoms with Gasteiger partial charge in [-0.25, -0.2) is 0 Å². The minimum Gasteiger partial charge on any atom is -0.384 e. The molecular formula is C10H18N2O. The largest absolute Gasteiger partial charge is 0.384 e. The molecule has 0 aliphatic carbocycles. The Balaban J connectivity index is 2.07. The van der Waals surface area contributed by atoms with Gasteiger partial charge in [0, 0.05) is 38.7 Å². The molecule has 0 aliphatic heterocycles. The van der Waals surface area contributed by atoms with E-state index in [9.17, 15) is 0 Å². The van der Waals surface area contributed by atoms with E-state index < -0.39 is 0 Å². The first-order valence-electron chi connectivity index (χ1n) is 4.65. The Bertz CT molecular complexity index is 209. The maximum absolute atomic E-state index is 5.04. The molecule has 1 rings (SSSR count). The van der Waals surface area contributed by atoms with Crippen LogP contribution in [-0.4, -0.2) is 25.2 Å². The smallest absolute Gasteiger partial charge is 0.0499 e. The number of methoxy groups -OCH3 is 1. The van der Waals surface area contributed by atoms with Crippen LogP contribution in [0.15, 0.2) is 18.3 Å². The van der Waals surface area contributed by atoms with E-state index in [1.54, 1.807) is 7.11 Å². The van der Waals surface area contributed by atoms with Crippen LogP contribution >= 0.6 is 0 Å². The molecule has 0 aromatic carbocycles. The molecule has 1 aromatic rings. The van der Waals surface area contributed by atoms with E-state index in [4.69, 9.17) is 4.74 Å². The summed E-state index contributed by atoms with van der Waals surface area (Å²) in [5.74, 6) is 0.569. The van der Waals surface area contributed by atoms with Crippen LogP contribution < -0.4 is 5.32 Å². The van der Waals surface area contributed by atoms with Crippen LogP contribution in [0.5, 0.6) is 0 Å². The second-order valence-corrected chi connectivity index (χ2v) is 3.39. The number of hydrogen-bond acceptors (Lipinski definition) is 2. The van der Waals surface area contributed by atoms with Crippen LogP contribution in [0.2, 0.25) is 0 Å². The molecule has 74 valence electrons. The third kappa shape index (κ3) is 4.10. The molecule has 0 radical (unpaired) electrons. The number of nitrogens with one attached hydrogen (secondary N) is 2. The second-order valence-electron chi connectivity index (χ2n) is 3.39. The molecule has 0 saturated carbocycles. The third-order valence-corrected chi connectivity index (χ3v) is 1.92. The first-order chi connectivity index (χ1) is 6.33. The van der Waals surface area contributed by atoms with Crippen molar-refractivity contribution in [3.63, 3.8) is 0 Å². The zero-order valence-electron chi connectivity index (χ0n) is 8.34. The van der Waals surface area contributed by atoms with Crippen LogP contribution in [0.1, 0.15) is 12.6 Å². The number of aromatic amines is 1. The van der Waals surface area contributed by atoms with E-state index in [0.29, 0.717) is 5.92 Å². The average molecular weight is 182 g/mol. The predicted octanol–water partition coefficient (Wildman–Crippen LogP) is 1.39. The highest BCUT2D eigenvalue weighted by molar-refractivity contribution is 5.02. The Morgan fingerprint density at radius 2 is 2.46 bits per heavy atom. The first kappa shape index (κ1) is 10.3. The highest BCUT2D eigenvalue weighted by Gasteiger charge is 2.00. The molecule has 0 aliphatic rings. The normalized spacial score (nSPS) is 13.1. The van der Waals surface area contributed by atoms with Crippen molar-refractivity contribution in [3.05, 3.63) is 24.0 Å². The van der Waals surface area contributed by atoms with Crippen LogP contribution in [-0.2, 0) is 11.3 Å². The number of rotatable bonds is 6. The number of aromatic nitrogens is 1. The summed E-state index contributed by atoms with van der Waals surface area (Å²) in [7, 11) is 1.74. The summed E-state index contributed by atoms with van der Waals surface area (Å²) >= 11 is 0. The first-order valence-corrected chi connectivity index (χ1v) is 4.65. The van der Waals surface area contributed by atoms with Gasteiger partial charge in [0.2, 0.25) is 0 Å². The molecule has 1 unspecified atom stereocenters. The fraction of sp³-hybridized carbons (Fsp3) is 0.600. The van der Waals surface area contributed by atoms with Gasteiger partial charge >= 0.3 is 0 Å². The van der Waals surface area contributed by atoms with Gasteiger partial charge in [0.15, 0.2) is 0 Å². The number of hydrogen-bond donors (Lipinski definition) is 2. The zero-order chi connectivity index (χ0) is 9.52. The summed E-state index contributed by atoms with van der Waals surface area (Å²) in [6.07, 6.45) is 1.94.